The summed E-state index contributed by atoms with van der Waals surface area (Å²) in [6.45, 7) is 2.08. The molecule has 3 nitrogen and oxygen atoms in total. The monoisotopic (exact) mass is 245 g/mol. The first-order chi connectivity index (χ1) is 8.36. The number of nitrogens with one attached hydrogen (secondary N) is 2. The summed E-state index contributed by atoms with van der Waals surface area (Å²) < 4.78 is 0. The van der Waals surface area contributed by atoms with Crippen molar-refractivity contribution in [3.8, 4) is 11.3 Å². The van der Waals surface area contributed by atoms with Gasteiger partial charge in [0.05, 0.1) is 11.9 Å². The molecule has 0 saturated carbocycles. The molecule has 1 aliphatic heterocycles. The zero-order valence-corrected chi connectivity index (χ0v) is 10.6. The molecule has 1 aromatic carbocycles. The Hall–Kier alpha value is -1.26. The Morgan fingerprint density at radius 3 is 2.59 bits per heavy atom. The van der Waals surface area contributed by atoms with Crippen molar-refractivity contribution in [2.24, 2.45) is 0 Å². The van der Waals surface area contributed by atoms with Crippen LogP contribution in [0.2, 0.25) is 0 Å². The van der Waals surface area contributed by atoms with E-state index in [1.165, 1.54) is 10.5 Å². The van der Waals surface area contributed by atoms with E-state index in [0.717, 1.165) is 24.6 Å². The molecule has 0 spiro atoms. The number of benzene rings is 1. The van der Waals surface area contributed by atoms with Crippen molar-refractivity contribution in [2.45, 2.75) is 10.8 Å². The first-order valence-corrected chi connectivity index (χ1v) is 6.99. The summed E-state index contributed by atoms with van der Waals surface area (Å²) in [5.41, 5.74) is 2.31. The first kappa shape index (κ1) is 10.9. The van der Waals surface area contributed by atoms with E-state index in [-0.39, 0.29) is 0 Å². The van der Waals surface area contributed by atoms with Gasteiger partial charge in [-0.25, -0.2) is 4.98 Å². The van der Waals surface area contributed by atoms with Crippen molar-refractivity contribution in [3.05, 3.63) is 36.3 Å². The zero-order chi connectivity index (χ0) is 11.7. The van der Waals surface area contributed by atoms with Gasteiger partial charge < -0.3 is 10.3 Å². The van der Waals surface area contributed by atoms with E-state index in [4.69, 9.17) is 0 Å². The predicted molar refractivity (Wildman–Crippen MR) is 71.4 cm³/mol. The van der Waals surface area contributed by atoms with Crippen molar-refractivity contribution in [2.75, 3.05) is 19.3 Å². The number of thioether (sulfide) groups is 1. The third-order valence-electron chi connectivity index (χ3n) is 3.16. The second-order valence-electron chi connectivity index (χ2n) is 4.27. The first-order valence-electron chi connectivity index (χ1n) is 5.77. The van der Waals surface area contributed by atoms with E-state index in [1.54, 1.807) is 11.8 Å². The number of aromatic nitrogens is 2. The molecule has 2 N–H and O–H groups in total. The summed E-state index contributed by atoms with van der Waals surface area (Å²) in [7, 11) is 0. The fourth-order valence-corrected chi connectivity index (χ4v) is 2.35. The minimum Gasteiger partial charge on any atom is -0.342 e. The van der Waals surface area contributed by atoms with Crippen molar-refractivity contribution in [1.82, 2.24) is 15.3 Å². The highest BCUT2D eigenvalue weighted by Gasteiger charge is 2.21. The summed E-state index contributed by atoms with van der Waals surface area (Å²) in [5, 5.41) is 3.26. The Labute approximate surface area is 105 Å². The van der Waals surface area contributed by atoms with Gasteiger partial charge in [0.25, 0.3) is 0 Å². The van der Waals surface area contributed by atoms with Gasteiger partial charge in [0.2, 0.25) is 0 Å². The molecule has 0 unspecified atom stereocenters. The molecule has 1 saturated heterocycles. The Bertz CT molecular complexity index is 500. The van der Waals surface area contributed by atoms with Crippen molar-refractivity contribution < 1.29 is 0 Å². The molecule has 0 aliphatic carbocycles. The highest BCUT2D eigenvalue weighted by atomic mass is 32.2. The Morgan fingerprint density at radius 2 is 2.00 bits per heavy atom. The molecule has 17 heavy (non-hydrogen) atoms. The molecule has 0 bridgehead atoms. The number of rotatable bonds is 3. The molecule has 88 valence electrons. The highest BCUT2D eigenvalue weighted by molar-refractivity contribution is 7.98. The van der Waals surface area contributed by atoms with Gasteiger partial charge in [-0.2, -0.15) is 0 Å². The molecular weight excluding hydrogens is 230 g/mol. The van der Waals surface area contributed by atoms with Crippen LogP contribution in [0.25, 0.3) is 11.3 Å². The molecule has 1 aliphatic rings. The van der Waals surface area contributed by atoms with Crippen LogP contribution < -0.4 is 5.32 Å². The minimum absolute atomic E-state index is 0.564. The summed E-state index contributed by atoms with van der Waals surface area (Å²) in [6, 6.07) is 8.57. The third kappa shape index (κ3) is 2.10. The molecule has 4 heteroatoms. The number of hydrogen-bond donors (Lipinski definition) is 2. The number of nitrogens with zero attached hydrogens (tertiary/aromatic N) is 1. The molecule has 2 aromatic rings. The molecular formula is C13H15N3S. The van der Waals surface area contributed by atoms with Crippen molar-refractivity contribution in [3.63, 3.8) is 0 Å². The Kier molecular flexibility index (Phi) is 2.91. The molecule has 0 atom stereocenters. The molecule has 0 amide bonds. The van der Waals surface area contributed by atoms with Crippen molar-refractivity contribution >= 4 is 11.8 Å². The van der Waals surface area contributed by atoms with Crippen LogP contribution in [0.15, 0.2) is 35.4 Å². The molecule has 1 aromatic heterocycles. The van der Waals surface area contributed by atoms with Gasteiger partial charge in [-0.15, -0.1) is 11.8 Å². The van der Waals surface area contributed by atoms with E-state index < -0.39 is 0 Å². The van der Waals surface area contributed by atoms with Gasteiger partial charge in [0, 0.05) is 23.9 Å². The largest absolute Gasteiger partial charge is 0.342 e. The second-order valence-corrected chi connectivity index (χ2v) is 5.15. The Morgan fingerprint density at radius 1 is 1.24 bits per heavy atom. The number of aromatic amines is 1. The van der Waals surface area contributed by atoms with Crippen LogP contribution in [0.5, 0.6) is 0 Å². The third-order valence-corrected chi connectivity index (χ3v) is 3.91. The van der Waals surface area contributed by atoms with E-state index in [2.05, 4.69) is 45.8 Å². The SMILES string of the molecule is CSc1ccc(-c2cnc(C3CNC3)[nH]2)cc1. The molecule has 2 heterocycles. The highest BCUT2D eigenvalue weighted by Crippen LogP contribution is 2.24. The Balaban J connectivity index is 1.84. The maximum absolute atomic E-state index is 4.46. The summed E-state index contributed by atoms with van der Waals surface area (Å²) in [4.78, 5) is 9.16. The summed E-state index contributed by atoms with van der Waals surface area (Å²) >= 11 is 1.76. The maximum atomic E-state index is 4.46. The lowest BCUT2D eigenvalue weighted by atomic mass is 10.0. The molecule has 3 rings (SSSR count). The van der Waals surface area contributed by atoms with E-state index in [0.29, 0.717) is 5.92 Å². The van der Waals surface area contributed by atoms with E-state index in [1.807, 2.05) is 6.20 Å². The predicted octanol–water partition coefficient (Wildman–Crippen LogP) is 2.49. The minimum atomic E-state index is 0.564. The lowest BCUT2D eigenvalue weighted by Crippen LogP contribution is -2.40. The average Bonchev–Trinajstić information content (AvgIpc) is 2.76. The quantitative estimate of drug-likeness (QED) is 0.816. The van der Waals surface area contributed by atoms with Crippen LogP contribution in [-0.4, -0.2) is 29.3 Å². The van der Waals surface area contributed by atoms with Gasteiger partial charge in [-0.05, 0) is 24.0 Å². The van der Waals surface area contributed by atoms with Crippen LogP contribution in [0, 0.1) is 0 Å². The van der Waals surface area contributed by atoms with Crippen LogP contribution in [0.3, 0.4) is 0 Å². The van der Waals surface area contributed by atoms with Gasteiger partial charge in [0.15, 0.2) is 0 Å². The summed E-state index contributed by atoms with van der Waals surface area (Å²) in [6.07, 6.45) is 4.02. The van der Waals surface area contributed by atoms with Crippen LogP contribution >= 0.6 is 11.8 Å². The van der Waals surface area contributed by atoms with Gasteiger partial charge in [0.1, 0.15) is 5.82 Å². The van der Waals surface area contributed by atoms with E-state index >= 15 is 0 Å². The molecule has 1 fully saturated rings. The van der Waals surface area contributed by atoms with Gasteiger partial charge >= 0.3 is 0 Å². The number of H-pyrrole nitrogens is 1. The lowest BCUT2D eigenvalue weighted by Gasteiger charge is -2.24. The average molecular weight is 245 g/mol. The van der Waals surface area contributed by atoms with Crippen LogP contribution in [0.1, 0.15) is 11.7 Å². The number of imidazole rings is 1. The van der Waals surface area contributed by atoms with E-state index in [9.17, 15) is 0 Å². The normalized spacial score (nSPS) is 15.8. The zero-order valence-electron chi connectivity index (χ0n) is 9.73. The molecule has 0 radical (unpaired) electrons. The second kappa shape index (κ2) is 4.55. The lowest BCUT2D eigenvalue weighted by molar-refractivity contribution is 0.433. The van der Waals surface area contributed by atoms with Crippen LogP contribution in [0.4, 0.5) is 0 Å². The smallest absolute Gasteiger partial charge is 0.112 e. The van der Waals surface area contributed by atoms with Gasteiger partial charge in [-0.1, -0.05) is 12.1 Å². The topological polar surface area (TPSA) is 40.7 Å². The fourth-order valence-electron chi connectivity index (χ4n) is 1.94. The maximum Gasteiger partial charge on any atom is 0.112 e. The van der Waals surface area contributed by atoms with Crippen LogP contribution in [-0.2, 0) is 0 Å². The van der Waals surface area contributed by atoms with Crippen molar-refractivity contribution in [1.29, 1.82) is 0 Å². The van der Waals surface area contributed by atoms with Gasteiger partial charge in [-0.3, -0.25) is 0 Å². The summed E-state index contributed by atoms with van der Waals surface area (Å²) in [5.74, 6) is 1.67. The standard InChI is InChI=1S/C13H15N3S/c1-17-11-4-2-9(3-5-11)12-8-15-13(16-12)10-6-14-7-10/h2-5,8,10,14H,6-7H2,1H3,(H,15,16). The fraction of sp³-hybridized carbons (Fsp3) is 0.308. The number of hydrogen-bond acceptors (Lipinski definition) is 3.